The van der Waals surface area contributed by atoms with E-state index in [0.29, 0.717) is 24.4 Å². The molecular formula is C24H21F2N3O2. The number of nitrogens with one attached hydrogen (secondary N) is 1. The molecule has 7 heteroatoms. The number of carbonyl (C=O) groups excluding carboxylic acids is 1. The molecular weight excluding hydrogens is 400 g/mol. The third-order valence-corrected chi connectivity index (χ3v) is 5.08. The van der Waals surface area contributed by atoms with E-state index in [1.807, 2.05) is 30.3 Å². The summed E-state index contributed by atoms with van der Waals surface area (Å²) in [6, 6.07) is 19.4. The molecule has 0 spiro atoms. The fourth-order valence-electron chi connectivity index (χ4n) is 3.54. The number of fused-ring (bicyclic) bond motifs is 1. The summed E-state index contributed by atoms with van der Waals surface area (Å²) in [6.45, 7) is 0.392. The minimum Gasteiger partial charge on any atom is -0.386 e. The van der Waals surface area contributed by atoms with E-state index in [1.54, 1.807) is 28.8 Å². The number of aliphatic hydroxyl groups is 1. The Labute approximate surface area is 178 Å². The van der Waals surface area contributed by atoms with Gasteiger partial charge in [0.1, 0.15) is 17.5 Å². The Hall–Kier alpha value is -3.58. The van der Waals surface area contributed by atoms with Gasteiger partial charge in [-0.05, 0) is 30.3 Å². The van der Waals surface area contributed by atoms with Crippen LogP contribution in [0.1, 0.15) is 27.8 Å². The lowest BCUT2D eigenvalue weighted by atomic mass is 10.1. The summed E-state index contributed by atoms with van der Waals surface area (Å²) < 4.78 is 29.1. The number of nitrogens with zero attached hydrogens (tertiary/aromatic N) is 2. The second kappa shape index (κ2) is 9.06. The van der Waals surface area contributed by atoms with Crippen molar-refractivity contribution in [1.29, 1.82) is 0 Å². The molecule has 0 bridgehead atoms. The Kier molecular flexibility index (Phi) is 6.04. The van der Waals surface area contributed by atoms with Crippen LogP contribution in [0.5, 0.6) is 0 Å². The van der Waals surface area contributed by atoms with Gasteiger partial charge in [-0.1, -0.05) is 36.4 Å². The first-order valence-electron chi connectivity index (χ1n) is 9.93. The Morgan fingerprint density at radius 1 is 1.03 bits per heavy atom. The van der Waals surface area contributed by atoms with Gasteiger partial charge in [-0.25, -0.2) is 13.8 Å². The van der Waals surface area contributed by atoms with Crippen molar-refractivity contribution in [2.24, 2.45) is 0 Å². The van der Waals surface area contributed by atoms with Crippen LogP contribution in [0.3, 0.4) is 0 Å². The molecule has 1 unspecified atom stereocenters. The molecule has 5 nitrogen and oxygen atoms in total. The smallest absolute Gasteiger partial charge is 0.251 e. The summed E-state index contributed by atoms with van der Waals surface area (Å²) in [5.74, 6) is -1.03. The molecule has 4 rings (SSSR count). The predicted octanol–water partition coefficient (Wildman–Crippen LogP) is 4.02. The fraction of sp³-hybridized carbons (Fsp3) is 0.167. The van der Waals surface area contributed by atoms with E-state index < -0.39 is 17.7 Å². The van der Waals surface area contributed by atoms with Crippen LogP contribution in [0.25, 0.3) is 11.0 Å². The van der Waals surface area contributed by atoms with E-state index in [-0.39, 0.29) is 18.0 Å². The van der Waals surface area contributed by atoms with Crippen molar-refractivity contribution in [3.63, 3.8) is 0 Å². The number of rotatable bonds is 7. The molecule has 4 aromatic rings. The van der Waals surface area contributed by atoms with Crippen LogP contribution in [0.15, 0.2) is 72.8 Å². The number of aliphatic hydroxyl groups excluding tert-OH is 1. The van der Waals surface area contributed by atoms with Crippen LogP contribution in [0, 0.1) is 11.6 Å². The van der Waals surface area contributed by atoms with Gasteiger partial charge in [0.15, 0.2) is 0 Å². The zero-order valence-electron chi connectivity index (χ0n) is 16.6. The highest BCUT2D eigenvalue weighted by molar-refractivity contribution is 5.94. The van der Waals surface area contributed by atoms with E-state index in [1.165, 1.54) is 6.07 Å². The van der Waals surface area contributed by atoms with Crippen molar-refractivity contribution in [3.05, 3.63) is 101 Å². The molecule has 2 N–H and O–H groups in total. The first-order valence-corrected chi connectivity index (χ1v) is 9.93. The number of hydrogen-bond donors (Lipinski definition) is 2. The largest absolute Gasteiger partial charge is 0.386 e. The van der Waals surface area contributed by atoms with E-state index >= 15 is 0 Å². The molecule has 0 saturated carbocycles. The average Bonchev–Trinajstić information content (AvgIpc) is 3.11. The molecule has 158 valence electrons. The second-order valence-electron chi connectivity index (χ2n) is 7.18. The number of hydrogen-bond acceptors (Lipinski definition) is 3. The third kappa shape index (κ3) is 4.62. The molecule has 0 aliphatic carbocycles. The normalized spacial score (nSPS) is 12.1. The van der Waals surface area contributed by atoms with Crippen molar-refractivity contribution < 1.29 is 18.7 Å². The lowest BCUT2D eigenvalue weighted by Crippen LogP contribution is -2.26. The molecule has 0 aliphatic heterocycles. The lowest BCUT2D eigenvalue weighted by molar-refractivity contribution is 0.0953. The Balaban J connectivity index is 1.53. The molecule has 1 aromatic heterocycles. The molecule has 0 saturated heterocycles. The number of amides is 1. The number of imidazole rings is 1. The summed E-state index contributed by atoms with van der Waals surface area (Å²) in [7, 11) is 0. The highest BCUT2D eigenvalue weighted by Gasteiger charge is 2.18. The van der Waals surface area contributed by atoms with Gasteiger partial charge >= 0.3 is 0 Å². The molecule has 0 aliphatic rings. The van der Waals surface area contributed by atoms with Crippen molar-refractivity contribution >= 4 is 16.9 Å². The van der Waals surface area contributed by atoms with Gasteiger partial charge in [0.05, 0.1) is 23.7 Å². The zero-order chi connectivity index (χ0) is 21.8. The maximum atomic E-state index is 14.1. The fourth-order valence-corrected chi connectivity index (χ4v) is 3.54. The van der Waals surface area contributed by atoms with E-state index in [4.69, 9.17) is 0 Å². The summed E-state index contributed by atoms with van der Waals surface area (Å²) in [5.41, 5.74) is 2.10. The van der Waals surface area contributed by atoms with Gasteiger partial charge in [0.2, 0.25) is 0 Å². The van der Waals surface area contributed by atoms with Crippen LogP contribution in [0.4, 0.5) is 8.78 Å². The molecule has 31 heavy (non-hydrogen) atoms. The van der Waals surface area contributed by atoms with Crippen molar-refractivity contribution in [2.75, 3.05) is 6.54 Å². The Morgan fingerprint density at radius 3 is 2.55 bits per heavy atom. The molecule has 3 aromatic carbocycles. The van der Waals surface area contributed by atoms with Gasteiger partial charge in [0.25, 0.3) is 5.91 Å². The van der Waals surface area contributed by atoms with Crippen molar-refractivity contribution in [3.8, 4) is 0 Å². The first-order chi connectivity index (χ1) is 15.0. The molecule has 1 atom stereocenters. The van der Waals surface area contributed by atoms with Gasteiger partial charge in [-0.3, -0.25) is 4.79 Å². The van der Waals surface area contributed by atoms with E-state index in [9.17, 15) is 18.7 Å². The monoisotopic (exact) mass is 421 g/mol. The Morgan fingerprint density at radius 2 is 1.77 bits per heavy atom. The SMILES string of the molecule is O=C(NCCc1nc2ccccc2n1CC(O)c1ccc(F)cc1F)c1ccccc1. The van der Waals surface area contributed by atoms with Crippen molar-refractivity contribution in [2.45, 2.75) is 19.1 Å². The molecule has 0 fully saturated rings. The third-order valence-electron chi connectivity index (χ3n) is 5.08. The van der Waals surface area contributed by atoms with Crippen LogP contribution in [-0.4, -0.2) is 27.1 Å². The summed E-state index contributed by atoms with van der Waals surface area (Å²) in [6.07, 6.45) is -0.762. The lowest BCUT2D eigenvalue weighted by Gasteiger charge is -2.16. The minimum atomic E-state index is -1.18. The quantitative estimate of drug-likeness (QED) is 0.474. The van der Waals surface area contributed by atoms with Crippen LogP contribution in [0.2, 0.25) is 0 Å². The zero-order valence-corrected chi connectivity index (χ0v) is 16.6. The number of carbonyl (C=O) groups is 1. The van der Waals surface area contributed by atoms with Gasteiger partial charge in [-0.15, -0.1) is 0 Å². The number of benzene rings is 3. The van der Waals surface area contributed by atoms with Crippen LogP contribution < -0.4 is 5.32 Å². The Bertz CT molecular complexity index is 1210. The van der Waals surface area contributed by atoms with Crippen LogP contribution in [-0.2, 0) is 13.0 Å². The van der Waals surface area contributed by atoms with Crippen LogP contribution >= 0.6 is 0 Å². The number of aromatic nitrogens is 2. The van der Waals surface area contributed by atoms with E-state index in [2.05, 4.69) is 10.3 Å². The number of halogens is 2. The van der Waals surface area contributed by atoms with Gasteiger partial charge < -0.3 is 15.0 Å². The van der Waals surface area contributed by atoms with E-state index in [0.717, 1.165) is 23.2 Å². The number of para-hydroxylation sites is 2. The minimum absolute atomic E-state index is 0.0162. The maximum Gasteiger partial charge on any atom is 0.251 e. The molecule has 1 amide bonds. The highest BCUT2D eigenvalue weighted by Crippen LogP contribution is 2.24. The highest BCUT2D eigenvalue weighted by atomic mass is 19.1. The molecule has 0 radical (unpaired) electrons. The summed E-state index contributed by atoms with van der Waals surface area (Å²) >= 11 is 0. The molecule has 1 heterocycles. The maximum absolute atomic E-state index is 14.1. The van der Waals surface area contributed by atoms with Crippen molar-refractivity contribution in [1.82, 2.24) is 14.9 Å². The summed E-state index contributed by atoms with van der Waals surface area (Å²) in [5, 5.41) is 13.5. The van der Waals surface area contributed by atoms with Gasteiger partial charge in [0, 0.05) is 30.2 Å². The average molecular weight is 421 g/mol. The standard InChI is InChI=1S/C24H21F2N3O2/c25-17-10-11-18(19(26)14-17)22(30)15-29-21-9-5-4-8-20(21)28-23(29)12-13-27-24(31)16-6-2-1-3-7-16/h1-11,14,22,30H,12-13,15H2,(H,27,31). The first kappa shape index (κ1) is 20.7. The predicted molar refractivity (Wildman–Crippen MR) is 114 cm³/mol. The van der Waals surface area contributed by atoms with Gasteiger partial charge in [-0.2, -0.15) is 0 Å². The topological polar surface area (TPSA) is 67.2 Å². The second-order valence-corrected chi connectivity index (χ2v) is 7.18. The summed E-state index contributed by atoms with van der Waals surface area (Å²) in [4.78, 5) is 16.9.